The Morgan fingerprint density at radius 2 is 1.37 bits per heavy atom. The van der Waals surface area contributed by atoms with Gasteiger partial charge in [0.2, 0.25) is 0 Å². The van der Waals surface area contributed by atoms with Gasteiger partial charge in [0, 0.05) is 32.7 Å². The lowest BCUT2D eigenvalue weighted by Gasteiger charge is -2.25. The zero-order valence-electron chi connectivity index (χ0n) is 22.8. The molecule has 0 radical (unpaired) electrons. The Labute approximate surface area is 227 Å². The zero-order valence-corrected chi connectivity index (χ0v) is 22.8. The molecule has 0 saturated heterocycles. The number of carbonyl (C=O) groups is 1. The molecule has 3 rings (SSSR count). The van der Waals surface area contributed by atoms with Crippen molar-refractivity contribution in [2.45, 2.75) is 45.8 Å². The van der Waals surface area contributed by atoms with Crippen molar-refractivity contribution < 1.29 is 19.4 Å². The molecular weight excluding hydrogens is 476 g/mol. The van der Waals surface area contributed by atoms with Crippen molar-refractivity contribution in [2.24, 2.45) is 0 Å². The topological polar surface area (TPSA) is 62.2 Å². The highest BCUT2D eigenvalue weighted by molar-refractivity contribution is 5.77. The fourth-order valence-electron chi connectivity index (χ4n) is 4.31. The second-order valence-corrected chi connectivity index (χ2v) is 9.56. The summed E-state index contributed by atoms with van der Waals surface area (Å²) in [5.41, 5.74) is 2.38. The van der Waals surface area contributed by atoms with E-state index in [0.29, 0.717) is 12.3 Å². The van der Waals surface area contributed by atoms with Crippen LogP contribution in [0.1, 0.15) is 37.8 Å². The van der Waals surface area contributed by atoms with Crippen molar-refractivity contribution in [3.63, 3.8) is 0 Å². The maximum atomic E-state index is 12.5. The number of ether oxygens (including phenoxy) is 2. The minimum Gasteiger partial charge on any atom is -0.491 e. The molecule has 1 atom stereocenters. The minimum absolute atomic E-state index is 0.0316. The zero-order chi connectivity index (χ0) is 27.0. The Hall–Kier alpha value is -3.35. The van der Waals surface area contributed by atoms with Gasteiger partial charge >= 0.3 is 0 Å². The average molecular weight is 519 g/mol. The van der Waals surface area contributed by atoms with E-state index in [0.717, 1.165) is 51.2 Å². The number of rotatable bonds is 17. The molecule has 3 aromatic carbocycles. The van der Waals surface area contributed by atoms with Crippen LogP contribution < -0.4 is 9.47 Å². The third kappa shape index (κ3) is 10.6. The van der Waals surface area contributed by atoms with Crippen molar-refractivity contribution in [1.82, 2.24) is 9.80 Å². The largest absolute Gasteiger partial charge is 0.491 e. The van der Waals surface area contributed by atoms with Crippen LogP contribution in [0.3, 0.4) is 0 Å². The summed E-state index contributed by atoms with van der Waals surface area (Å²) in [7, 11) is 0. The molecule has 0 bridgehead atoms. The number of para-hydroxylation sites is 1. The van der Waals surface area contributed by atoms with Crippen molar-refractivity contribution in [1.29, 1.82) is 0 Å². The van der Waals surface area contributed by atoms with Gasteiger partial charge in [0.05, 0.1) is 0 Å². The van der Waals surface area contributed by atoms with E-state index in [1.54, 1.807) is 0 Å². The third-order valence-corrected chi connectivity index (χ3v) is 6.25. The van der Waals surface area contributed by atoms with Gasteiger partial charge in [-0.3, -0.25) is 9.69 Å². The van der Waals surface area contributed by atoms with Gasteiger partial charge in [0.25, 0.3) is 5.91 Å². The van der Waals surface area contributed by atoms with Gasteiger partial charge in [-0.1, -0.05) is 74.5 Å². The van der Waals surface area contributed by atoms with Crippen molar-refractivity contribution in [3.8, 4) is 11.5 Å². The first-order chi connectivity index (χ1) is 18.6. The molecule has 204 valence electrons. The summed E-state index contributed by atoms with van der Waals surface area (Å²) in [5, 5.41) is 10.7. The average Bonchev–Trinajstić information content (AvgIpc) is 2.95. The molecule has 38 heavy (non-hydrogen) atoms. The number of aliphatic hydroxyl groups excluding tert-OH is 1. The van der Waals surface area contributed by atoms with E-state index in [4.69, 9.17) is 9.47 Å². The van der Waals surface area contributed by atoms with Crippen LogP contribution in [0.15, 0.2) is 84.9 Å². The van der Waals surface area contributed by atoms with Gasteiger partial charge in [-0.2, -0.15) is 0 Å². The summed E-state index contributed by atoms with van der Waals surface area (Å²) >= 11 is 0. The number of nitrogens with zero attached hydrogens (tertiary/aromatic N) is 2. The number of carbonyl (C=O) groups excluding carboxylic acids is 1. The molecule has 3 aromatic rings. The fourth-order valence-corrected chi connectivity index (χ4v) is 4.31. The van der Waals surface area contributed by atoms with Crippen LogP contribution in [0.25, 0.3) is 0 Å². The first kappa shape index (κ1) is 29.2. The van der Waals surface area contributed by atoms with E-state index in [9.17, 15) is 9.90 Å². The van der Waals surface area contributed by atoms with Crippen LogP contribution in [0.5, 0.6) is 11.5 Å². The highest BCUT2D eigenvalue weighted by atomic mass is 16.5. The molecule has 0 aliphatic carbocycles. The molecule has 0 spiro atoms. The second-order valence-electron chi connectivity index (χ2n) is 9.56. The van der Waals surface area contributed by atoms with E-state index < -0.39 is 6.10 Å². The summed E-state index contributed by atoms with van der Waals surface area (Å²) in [4.78, 5) is 16.6. The lowest BCUT2D eigenvalue weighted by atomic mass is 10.1. The Morgan fingerprint density at radius 1 is 0.763 bits per heavy atom. The van der Waals surface area contributed by atoms with Crippen LogP contribution in [-0.4, -0.2) is 66.3 Å². The van der Waals surface area contributed by atoms with Gasteiger partial charge in [-0.05, 0) is 54.7 Å². The standard InChI is InChI=1S/C32H42N2O4/c1-3-20-34(21-4-2)32(36)26-38-31-17-15-27(16-18-31)19-22-33(23-28-11-7-5-8-12-28)24-29(35)25-37-30-13-9-6-10-14-30/h5-18,29,35H,3-4,19-26H2,1-2H3. The van der Waals surface area contributed by atoms with E-state index in [2.05, 4.69) is 30.9 Å². The fraction of sp³-hybridized carbons (Fsp3) is 0.406. The van der Waals surface area contributed by atoms with Gasteiger partial charge in [0.15, 0.2) is 6.61 Å². The summed E-state index contributed by atoms with van der Waals surface area (Å²) < 4.78 is 11.5. The van der Waals surface area contributed by atoms with Gasteiger partial charge in [-0.15, -0.1) is 0 Å². The highest BCUT2D eigenvalue weighted by Crippen LogP contribution is 2.15. The maximum Gasteiger partial charge on any atom is 0.260 e. The lowest BCUT2D eigenvalue weighted by Crippen LogP contribution is -2.36. The predicted molar refractivity (Wildman–Crippen MR) is 152 cm³/mol. The third-order valence-electron chi connectivity index (χ3n) is 6.25. The highest BCUT2D eigenvalue weighted by Gasteiger charge is 2.15. The lowest BCUT2D eigenvalue weighted by molar-refractivity contribution is -0.133. The monoisotopic (exact) mass is 518 g/mol. The number of hydrogen-bond acceptors (Lipinski definition) is 5. The molecule has 0 fully saturated rings. The second kappa shape index (κ2) is 16.5. The first-order valence-corrected chi connectivity index (χ1v) is 13.7. The van der Waals surface area contributed by atoms with E-state index >= 15 is 0 Å². The molecular formula is C32H42N2O4. The Bertz CT molecular complexity index is 1040. The van der Waals surface area contributed by atoms with Crippen molar-refractivity contribution in [2.75, 3.05) is 39.4 Å². The molecule has 0 saturated carbocycles. The first-order valence-electron chi connectivity index (χ1n) is 13.7. The van der Waals surface area contributed by atoms with Gasteiger partial charge in [0.1, 0.15) is 24.2 Å². The van der Waals surface area contributed by atoms with Crippen molar-refractivity contribution in [3.05, 3.63) is 96.1 Å². The molecule has 0 aliphatic heterocycles. The number of benzene rings is 3. The smallest absolute Gasteiger partial charge is 0.260 e. The summed E-state index contributed by atoms with van der Waals surface area (Å²) in [6.45, 7) is 8.05. The minimum atomic E-state index is -0.604. The van der Waals surface area contributed by atoms with Crippen LogP contribution in [0.2, 0.25) is 0 Å². The molecule has 1 N–H and O–H groups in total. The van der Waals surface area contributed by atoms with Gasteiger partial charge in [-0.25, -0.2) is 0 Å². The van der Waals surface area contributed by atoms with Gasteiger partial charge < -0.3 is 19.5 Å². The number of aliphatic hydroxyl groups is 1. The van der Waals surface area contributed by atoms with Crippen LogP contribution >= 0.6 is 0 Å². The quantitative estimate of drug-likeness (QED) is 0.266. The van der Waals surface area contributed by atoms with Crippen molar-refractivity contribution >= 4 is 5.91 Å². The van der Waals surface area contributed by atoms with Crippen LogP contribution in [0.4, 0.5) is 0 Å². The molecule has 1 amide bonds. The summed E-state index contributed by atoms with van der Waals surface area (Å²) in [6, 6.07) is 27.8. The molecule has 6 nitrogen and oxygen atoms in total. The predicted octanol–water partition coefficient (Wildman–Crippen LogP) is 5.20. The van der Waals surface area contributed by atoms with Crippen LogP contribution in [-0.2, 0) is 17.8 Å². The number of amides is 1. The van der Waals surface area contributed by atoms with E-state index in [1.165, 1.54) is 11.1 Å². The maximum absolute atomic E-state index is 12.5. The summed E-state index contributed by atoms with van der Waals surface area (Å²) in [6.07, 6.45) is 2.11. The molecule has 1 unspecified atom stereocenters. The molecule has 0 aliphatic rings. The number of hydrogen-bond donors (Lipinski definition) is 1. The van der Waals surface area contributed by atoms with Crippen LogP contribution in [0, 0.1) is 0 Å². The SMILES string of the molecule is CCCN(CCC)C(=O)COc1ccc(CCN(Cc2ccccc2)CC(O)COc2ccccc2)cc1. The Kier molecular flexibility index (Phi) is 12.7. The van der Waals surface area contributed by atoms with E-state index in [1.807, 2.05) is 77.7 Å². The Balaban J connectivity index is 1.52. The molecule has 6 heteroatoms. The Morgan fingerprint density at radius 3 is 2.00 bits per heavy atom. The molecule has 0 heterocycles. The van der Waals surface area contributed by atoms with E-state index in [-0.39, 0.29) is 19.1 Å². The molecule has 0 aromatic heterocycles. The summed E-state index contributed by atoms with van der Waals surface area (Å²) in [5.74, 6) is 1.49. The normalized spacial score (nSPS) is 11.8.